The first-order valence-electron chi connectivity index (χ1n) is 7.17. The van der Waals surface area contributed by atoms with Crippen LogP contribution in [0.3, 0.4) is 0 Å². The van der Waals surface area contributed by atoms with Crippen molar-refractivity contribution in [2.24, 2.45) is 0 Å². The summed E-state index contributed by atoms with van der Waals surface area (Å²) < 4.78 is 31.8. The molecule has 0 radical (unpaired) electrons. The van der Waals surface area contributed by atoms with Crippen molar-refractivity contribution in [1.82, 2.24) is 5.16 Å². The van der Waals surface area contributed by atoms with Gasteiger partial charge in [-0.3, -0.25) is 0 Å². The van der Waals surface area contributed by atoms with Gasteiger partial charge in [-0.05, 0) is 30.9 Å². The summed E-state index contributed by atoms with van der Waals surface area (Å²) in [6.07, 6.45) is 0.630. The molecule has 1 aliphatic carbocycles. The minimum absolute atomic E-state index is 0.0136. The Kier molecular flexibility index (Phi) is 3.43. The number of alkyl halides is 2. The van der Waals surface area contributed by atoms with Crippen LogP contribution in [0.25, 0.3) is 11.1 Å². The summed E-state index contributed by atoms with van der Waals surface area (Å²) in [5, 5.41) is 4.06. The molecule has 0 unspecified atom stereocenters. The van der Waals surface area contributed by atoms with Crippen molar-refractivity contribution >= 4 is 5.88 Å². The molecular formula is C16H18F2N2O. The minimum atomic E-state index is -2.55. The van der Waals surface area contributed by atoms with Crippen molar-refractivity contribution in [1.29, 1.82) is 0 Å². The van der Waals surface area contributed by atoms with Crippen LogP contribution < -0.4 is 5.73 Å². The highest BCUT2D eigenvalue weighted by Gasteiger charge is 2.37. The maximum Gasteiger partial charge on any atom is 0.248 e. The van der Waals surface area contributed by atoms with Gasteiger partial charge in [-0.15, -0.1) is 0 Å². The third-order valence-electron chi connectivity index (χ3n) is 4.26. The van der Waals surface area contributed by atoms with Crippen LogP contribution in [-0.2, 0) is 0 Å². The van der Waals surface area contributed by atoms with E-state index in [0.29, 0.717) is 12.8 Å². The maximum absolute atomic E-state index is 13.3. The number of nitrogen functional groups attached to an aromatic ring is 1. The van der Waals surface area contributed by atoms with Crippen molar-refractivity contribution in [3.8, 4) is 11.1 Å². The fraction of sp³-hybridized carbons (Fsp3) is 0.438. The van der Waals surface area contributed by atoms with Crippen molar-refractivity contribution < 1.29 is 13.3 Å². The first kappa shape index (κ1) is 14.0. The molecule has 1 fully saturated rings. The first-order valence-corrected chi connectivity index (χ1v) is 7.17. The topological polar surface area (TPSA) is 52.0 Å². The summed E-state index contributed by atoms with van der Waals surface area (Å²) in [6.45, 7) is 1.99. The molecule has 1 aromatic carbocycles. The van der Waals surface area contributed by atoms with Crippen LogP contribution in [0.5, 0.6) is 0 Å². The van der Waals surface area contributed by atoms with Crippen LogP contribution >= 0.6 is 0 Å². The highest BCUT2D eigenvalue weighted by atomic mass is 19.3. The van der Waals surface area contributed by atoms with Gasteiger partial charge in [-0.2, -0.15) is 0 Å². The Hall–Kier alpha value is -1.91. The largest absolute Gasteiger partial charge is 0.367 e. The number of benzene rings is 1. The van der Waals surface area contributed by atoms with Crippen LogP contribution in [0.1, 0.15) is 42.9 Å². The lowest BCUT2D eigenvalue weighted by atomic mass is 9.82. The second-order valence-electron chi connectivity index (χ2n) is 5.75. The lowest BCUT2D eigenvalue weighted by Gasteiger charge is -2.27. The summed E-state index contributed by atoms with van der Waals surface area (Å²) in [5.41, 5.74) is 9.44. The Morgan fingerprint density at radius 1 is 1.24 bits per heavy atom. The number of hydrogen-bond acceptors (Lipinski definition) is 3. The van der Waals surface area contributed by atoms with Crippen molar-refractivity contribution in [3.63, 3.8) is 0 Å². The Balaban J connectivity index is 1.97. The van der Waals surface area contributed by atoms with Crippen molar-refractivity contribution in [2.75, 3.05) is 5.73 Å². The van der Waals surface area contributed by atoms with Crippen LogP contribution in [0, 0.1) is 6.92 Å². The first-order chi connectivity index (χ1) is 9.98. The average Bonchev–Trinajstić information content (AvgIpc) is 2.81. The van der Waals surface area contributed by atoms with E-state index in [0.717, 1.165) is 22.4 Å². The fourth-order valence-electron chi connectivity index (χ4n) is 3.03. The lowest BCUT2D eigenvalue weighted by molar-refractivity contribution is -0.0386. The number of anilines is 1. The molecule has 5 heteroatoms. The van der Waals surface area contributed by atoms with Crippen LogP contribution in [0.15, 0.2) is 28.8 Å². The zero-order valence-corrected chi connectivity index (χ0v) is 11.9. The Bertz CT molecular complexity index is 641. The van der Waals surface area contributed by atoms with E-state index in [4.69, 9.17) is 10.3 Å². The SMILES string of the molecule is Cc1ccccc1-c1c(C2CCC(F)(F)CC2)noc1N. The normalized spacial score (nSPS) is 18.8. The van der Waals surface area contributed by atoms with E-state index >= 15 is 0 Å². The van der Waals surface area contributed by atoms with E-state index < -0.39 is 5.92 Å². The summed E-state index contributed by atoms with van der Waals surface area (Å²) >= 11 is 0. The molecule has 0 atom stereocenters. The zero-order chi connectivity index (χ0) is 15.0. The molecule has 2 aromatic rings. The molecule has 0 spiro atoms. The molecule has 3 nitrogen and oxygen atoms in total. The number of aromatic nitrogens is 1. The molecule has 1 aromatic heterocycles. The molecule has 0 aliphatic heterocycles. The molecule has 112 valence electrons. The maximum atomic E-state index is 13.3. The summed E-state index contributed by atoms with van der Waals surface area (Å²) in [6, 6.07) is 7.82. The second kappa shape index (κ2) is 5.13. The van der Waals surface area contributed by atoms with Gasteiger partial charge in [-0.1, -0.05) is 29.4 Å². The van der Waals surface area contributed by atoms with Crippen LogP contribution in [0.2, 0.25) is 0 Å². The van der Waals surface area contributed by atoms with Crippen molar-refractivity contribution in [2.45, 2.75) is 44.4 Å². The molecular weight excluding hydrogens is 274 g/mol. The van der Waals surface area contributed by atoms with Gasteiger partial charge >= 0.3 is 0 Å². The standard InChI is InChI=1S/C16H18F2N2O/c1-10-4-2-3-5-12(10)13-14(20-21-15(13)19)11-6-8-16(17,18)9-7-11/h2-5,11H,6-9,19H2,1H3. The Morgan fingerprint density at radius 3 is 2.57 bits per heavy atom. The van der Waals surface area contributed by atoms with Gasteiger partial charge in [0.25, 0.3) is 0 Å². The summed E-state index contributed by atoms with van der Waals surface area (Å²) in [4.78, 5) is 0. The van der Waals surface area contributed by atoms with Crippen molar-refractivity contribution in [3.05, 3.63) is 35.5 Å². The molecule has 3 rings (SSSR count). The van der Waals surface area contributed by atoms with E-state index in [-0.39, 0.29) is 24.6 Å². The van der Waals surface area contributed by atoms with E-state index in [1.54, 1.807) is 0 Å². The van der Waals surface area contributed by atoms with Crippen LogP contribution in [-0.4, -0.2) is 11.1 Å². The van der Waals surface area contributed by atoms with E-state index in [1.165, 1.54) is 0 Å². The van der Waals surface area contributed by atoms with E-state index in [2.05, 4.69) is 5.16 Å². The molecule has 1 aliphatic rings. The minimum Gasteiger partial charge on any atom is -0.367 e. The molecule has 1 heterocycles. The summed E-state index contributed by atoms with van der Waals surface area (Å²) in [5.74, 6) is -2.30. The molecule has 0 amide bonds. The number of halogens is 2. The predicted molar refractivity (Wildman–Crippen MR) is 77.2 cm³/mol. The second-order valence-corrected chi connectivity index (χ2v) is 5.75. The monoisotopic (exact) mass is 292 g/mol. The predicted octanol–water partition coefficient (Wildman–Crippen LogP) is 4.53. The Morgan fingerprint density at radius 2 is 1.90 bits per heavy atom. The van der Waals surface area contributed by atoms with Gasteiger partial charge in [-0.25, -0.2) is 8.78 Å². The Labute approximate surface area is 122 Å². The average molecular weight is 292 g/mol. The van der Waals surface area contributed by atoms with E-state index in [9.17, 15) is 8.78 Å². The highest BCUT2D eigenvalue weighted by Crippen LogP contribution is 2.44. The van der Waals surface area contributed by atoms with E-state index in [1.807, 2.05) is 31.2 Å². The third-order valence-corrected chi connectivity index (χ3v) is 4.26. The fourth-order valence-corrected chi connectivity index (χ4v) is 3.03. The number of nitrogens with zero attached hydrogens (tertiary/aromatic N) is 1. The van der Waals surface area contributed by atoms with Gasteiger partial charge in [0, 0.05) is 18.8 Å². The third kappa shape index (κ3) is 2.64. The molecule has 1 saturated carbocycles. The number of rotatable bonds is 2. The zero-order valence-electron chi connectivity index (χ0n) is 11.9. The van der Waals surface area contributed by atoms with Gasteiger partial charge < -0.3 is 10.3 Å². The highest BCUT2D eigenvalue weighted by molar-refractivity contribution is 5.77. The number of nitrogens with two attached hydrogens (primary N) is 1. The number of hydrogen-bond donors (Lipinski definition) is 1. The molecule has 2 N–H and O–H groups in total. The smallest absolute Gasteiger partial charge is 0.248 e. The molecule has 0 saturated heterocycles. The molecule has 0 bridgehead atoms. The van der Waals surface area contributed by atoms with Gasteiger partial charge in [0.05, 0.1) is 11.3 Å². The van der Waals surface area contributed by atoms with Gasteiger partial charge in [0.15, 0.2) is 0 Å². The van der Waals surface area contributed by atoms with Crippen LogP contribution in [0.4, 0.5) is 14.7 Å². The molecule has 21 heavy (non-hydrogen) atoms. The summed E-state index contributed by atoms with van der Waals surface area (Å²) in [7, 11) is 0. The number of aryl methyl sites for hydroxylation is 1. The lowest BCUT2D eigenvalue weighted by Crippen LogP contribution is -2.24. The quantitative estimate of drug-likeness (QED) is 0.885. The van der Waals surface area contributed by atoms with Gasteiger partial charge in [0.2, 0.25) is 11.8 Å². The van der Waals surface area contributed by atoms with Gasteiger partial charge in [0.1, 0.15) is 0 Å².